The molecule has 1 unspecified atom stereocenters. The Morgan fingerprint density at radius 1 is 1.31 bits per heavy atom. The molecule has 0 amide bonds. The van der Waals surface area contributed by atoms with Gasteiger partial charge >= 0.3 is 0 Å². The van der Waals surface area contributed by atoms with Gasteiger partial charge in [-0.25, -0.2) is 9.97 Å². The number of hydrogen-bond acceptors (Lipinski definition) is 4. The van der Waals surface area contributed by atoms with E-state index >= 15 is 0 Å². The lowest BCUT2D eigenvalue weighted by Crippen LogP contribution is -2.18. The number of aryl methyl sites for hydroxylation is 1. The standard InChI is InChI=1S/C12H21N3O/c1-8(2)12-14-10(4)7-11(15-12)13-9(3)5-6-16/h7-9,16H,5-6H2,1-4H3,(H,13,14,15). The van der Waals surface area contributed by atoms with E-state index in [9.17, 15) is 0 Å². The summed E-state index contributed by atoms with van der Waals surface area (Å²) >= 11 is 0. The van der Waals surface area contributed by atoms with Crippen LogP contribution in [0.3, 0.4) is 0 Å². The highest BCUT2D eigenvalue weighted by atomic mass is 16.3. The molecule has 0 fully saturated rings. The van der Waals surface area contributed by atoms with Gasteiger partial charge in [-0.15, -0.1) is 0 Å². The number of aromatic nitrogens is 2. The van der Waals surface area contributed by atoms with Crippen LogP contribution in [-0.4, -0.2) is 27.7 Å². The summed E-state index contributed by atoms with van der Waals surface area (Å²) in [5.41, 5.74) is 0.970. The summed E-state index contributed by atoms with van der Waals surface area (Å²) in [7, 11) is 0. The zero-order chi connectivity index (χ0) is 12.1. The fourth-order valence-corrected chi connectivity index (χ4v) is 1.44. The van der Waals surface area contributed by atoms with Crippen molar-refractivity contribution in [1.82, 2.24) is 9.97 Å². The van der Waals surface area contributed by atoms with Crippen LogP contribution in [0.25, 0.3) is 0 Å². The summed E-state index contributed by atoms with van der Waals surface area (Å²) < 4.78 is 0. The third-order valence-electron chi connectivity index (χ3n) is 2.34. The first-order valence-electron chi connectivity index (χ1n) is 5.76. The highest BCUT2D eigenvalue weighted by Gasteiger charge is 2.08. The zero-order valence-corrected chi connectivity index (χ0v) is 10.5. The quantitative estimate of drug-likeness (QED) is 0.802. The van der Waals surface area contributed by atoms with Crippen molar-refractivity contribution in [3.8, 4) is 0 Å². The summed E-state index contributed by atoms with van der Waals surface area (Å²) in [4.78, 5) is 8.84. The molecule has 0 spiro atoms. The third kappa shape index (κ3) is 3.77. The van der Waals surface area contributed by atoms with Gasteiger partial charge in [0.05, 0.1) is 0 Å². The molecule has 0 saturated carbocycles. The van der Waals surface area contributed by atoms with E-state index in [4.69, 9.17) is 5.11 Å². The lowest BCUT2D eigenvalue weighted by atomic mass is 10.2. The molecule has 1 heterocycles. The molecule has 0 saturated heterocycles. The number of hydrogen-bond donors (Lipinski definition) is 2. The Labute approximate surface area is 97.1 Å². The minimum atomic E-state index is 0.190. The van der Waals surface area contributed by atoms with Crippen LogP contribution in [0.2, 0.25) is 0 Å². The lowest BCUT2D eigenvalue weighted by Gasteiger charge is -2.15. The van der Waals surface area contributed by atoms with E-state index in [-0.39, 0.29) is 12.6 Å². The number of aliphatic hydroxyl groups is 1. The van der Waals surface area contributed by atoms with Crippen LogP contribution in [-0.2, 0) is 0 Å². The van der Waals surface area contributed by atoms with Crippen molar-refractivity contribution in [2.75, 3.05) is 11.9 Å². The topological polar surface area (TPSA) is 58.0 Å². The molecule has 0 aliphatic rings. The van der Waals surface area contributed by atoms with Crippen molar-refractivity contribution in [3.63, 3.8) is 0 Å². The molecule has 16 heavy (non-hydrogen) atoms. The van der Waals surface area contributed by atoms with Gasteiger partial charge in [0.2, 0.25) is 0 Å². The Bertz CT molecular complexity index is 339. The smallest absolute Gasteiger partial charge is 0.133 e. The number of anilines is 1. The number of nitrogens with one attached hydrogen (secondary N) is 1. The van der Waals surface area contributed by atoms with Crippen LogP contribution in [0.1, 0.15) is 44.6 Å². The second-order valence-corrected chi connectivity index (χ2v) is 4.47. The van der Waals surface area contributed by atoms with Crippen LogP contribution in [0.5, 0.6) is 0 Å². The molecule has 0 aliphatic heterocycles. The van der Waals surface area contributed by atoms with Gasteiger partial charge in [-0.05, 0) is 20.3 Å². The maximum Gasteiger partial charge on any atom is 0.133 e. The molecular weight excluding hydrogens is 202 g/mol. The maximum atomic E-state index is 8.84. The van der Waals surface area contributed by atoms with Crippen molar-refractivity contribution < 1.29 is 5.11 Å². The van der Waals surface area contributed by atoms with Crippen molar-refractivity contribution >= 4 is 5.82 Å². The molecule has 2 N–H and O–H groups in total. The molecular formula is C12H21N3O. The van der Waals surface area contributed by atoms with Gasteiger partial charge in [-0.3, -0.25) is 0 Å². The Hall–Kier alpha value is -1.16. The van der Waals surface area contributed by atoms with Crippen LogP contribution in [0, 0.1) is 6.92 Å². The van der Waals surface area contributed by atoms with E-state index in [1.54, 1.807) is 0 Å². The first kappa shape index (κ1) is 12.9. The summed E-state index contributed by atoms with van der Waals surface area (Å²) in [5, 5.41) is 12.1. The summed E-state index contributed by atoms with van der Waals surface area (Å²) in [6, 6.07) is 2.15. The number of aliphatic hydroxyl groups excluding tert-OH is 1. The number of nitrogens with zero attached hydrogens (tertiary/aromatic N) is 2. The molecule has 1 aromatic heterocycles. The largest absolute Gasteiger partial charge is 0.396 e. The molecule has 1 atom stereocenters. The average molecular weight is 223 g/mol. The van der Waals surface area contributed by atoms with Gasteiger partial charge < -0.3 is 10.4 Å². The molecule has 90 valence electrons. The van der Waals surface area contributed by atoms with Crippen molar-refractivity contribution in [3.05, 3.63) is 17.6 Å². The molecule has 0 aliphatic carbocycles. The Balaban J connectivity index is 2.80. The zero-order valence-electron chi connectivity index (χ0n) is 10.5. The van der Waals surface area contributed by atoms with Gasteiger partial charge in [0.25, 0.3) is 0 Å². The summed E-state index contributed by atoms with van der Waals surface area (Å²) in [6.07, 6.45) is 0.722. The van der Waals surface area contributed by atoms with Gasteiger partial charge in [0.15, 0.2) is 0 Å². The first-order valence-corrected chi connectivity index (χ1v) is 5.76. The van der Waals surface area contributed by atoms with Crippen molar-refractivity contribution in [2.24, 2.45) is 0 Å². The molecule has 0 aromatic carbocycles. The van der Waals surface area contributed by atoms with E-state index < -0.39 is 0 Å². The normalized spacial score (nSPS) is 12.9. The monoisotopic (exact) mass is 223 g/mol. The van der Waals surface area contributed by atoms with Crippen LogP contribution in [0.15, 0.2) is 6.07 Å². The van der Waals surface area contributed by atoms with E-state index in [2.05, 4.69) is 29.1 Å². The lowest BCUT2D eigenvalue weighted by molar-refractivity contribution is 0.282. The molecule has 0 bridgehead atoms. The Morgan fingerprint density at radius 3 is 2.56 bits per heavy atom. The predicted octanol–water partition coefficient (Wildman–Crippen LogP) is 2.09. The minimum absolute atomic E-state index is 0.190. The summed E-state index contributed by atoms with van der Waals surface area (Å²) in [6.45, 7) is 8.35. The SMILES string of the molecule is Cc1cc(NC(C)CCO)nc(C(C)C)n1. The molecule has 0 radical (unpaired) electrons. The van der Waals surface area contributed by atoms with Gasteiger partial charge in [0.1, 0.15) is 11.6 Å². The molecule has 4 heteroatoms. The van der Waals surface area contributed by atoms with Crippen LogP contribution in [0.4, 0.5) is 5.82 Å². The minimum Gasteiger partial charge on any atom is -0.396 e. The number of rotatable bonds is 5. The van der Waals surface area contributed by atoms with Crippen LogP contribution < -0.4 is 5.32 Å². The predicted molar refractivity (Wildman–Crippen MR) is 65.6 cm³/mol. The summed E-state index contributed by atoms with van der Waals surface area (Å²) in [5.74, 6) is 2.03. The average Bonchev–Trinajstić information content (AvgIpc) is 2.16. The fraction of sp³-hybridized carbons (Fsp3) is 0.667. The Morgan fingerprint density at radius 2 is 2.00 bits per heavy atom. The highest BCUT2D eigenvalue weighted by molar-refractivity contribution is 5.37. The van der Waals surface area contributed by atoms with E-state index in [1.807, 2.05) is 19.9 Å². The second kappa shape index (κ2) is 5.80. The van der Waals surface area contributed by atoms with Crippen molar-refractivity contribution in [2.45, 2.75) is 46.1 Å². The first-order chi connectivity index (χ1) is 7.52. The second-order valence-electron chi connectivity index (χ2n) is 4.47. The molecule has 1 aromatic rings. The maximum absolute atomic E-state index is 8.84. The van der Waals surface area contributed by atoms with E-state index in [0.717, 1.165) is 23.8 Å². The van der Waals surface area contributed by atoms with Gasteiger partial charge in [0, 0.05) is 30.3 Å². The van der Waals surface area contributed by atoms with E-state index in [0.29, 0.717) is 5.92 Å². The Kier molecular flexibility index (Phi) is 4.68. The molecule has 1 rings (SSSR count). The fourth-order valence-electron chi connectivity index (χ4n) is 1.44. The van der Waals surface area contributed by atoms with Gasteiger partial charge in [-0.1, -0.05) is 13.8 Å². The molecule has 4 nitrogen and oxygen atoms in total. The van der Waals surface area contributed by atoms with Crippen LogP contribution >= 0.6 is 0 Å². The van der Waals surface area contributed by atoms with Gasteiger partial charge in [-0.2, -0.15) is 0 Å². The van der Waals surface area contributed by atoms with E-state index in [1.165, 1.54) is 0 Å². The highest BCUT2D eigenvalue weighted by Crippen LogP contribution is 2.14. The van der Waals surface area contributed by atoms with Crippen molar-refractivity contribution in [1.29, 1.82) is 0 Å². The third-order valence-corrected chi connectivity index (χ3v) is 2.34.